The van der Waals surface area contributed by atoms with Gasteiger partial charge in [0.15, 0.2) is 0 Å². The smallest absolute Gasteiger partial charge is 0.410 e. The molecule has 0 radical (unpaired) electrons. The molecule has 2 saturated heterocycles. The summed E-state index contributed by atoms with van der Waals surface area (Å²) in [5, 5.41) is 8.93. The Hall–Kier alpha value is -1.79. The number of carbonyl (C=O) groups is 3. The van der Waals surface area contributed by atoms with Crippen LogP contribution in [0.1, 0.15) is 52.9 Å². The third-order valence-corrected chi connectivity index (χ3v) is 4.81. The highest BCUT2D eigenvalue weighted by molar-refractivity contribution is 5.83. The Labute approximate surface area is 149 Å². The van der Waals surface area contributed by atoms with Gasteiger partial charge in [-0.25, -0.2) is 4.79 Å². The number of piperidine rings is 2. The Kier molecular flexibility index (Phi) is 6.30. The summed E-state index contributed by atoms with van der Waals surface area (Å²) < 4.78 is 5.40. The highest BCUT2D eigenvalue weighted by atomic mass is 16.6. The van der Waals surface area contributed by atoms with E-state index in [1.54, 1.807) is 4.90 Å². The third kappa shape index (κ3) is 5.90. The van der Waals surface area contributed by atoms with E-state index in [2.05, 4.69) is 0 Å². The summed E-state index contributed by atoms with van der Waals surface area (Å²) in [5.74, 6) is -0.964. The lowest BCUT2D eigenvalue weighted by Crippen LogP contribution is -2.47. The summed E-state index contributed by atoms with van der Waals surface area (Å²) in [6.07, 6.45) is 2.85. The van der Waals surface area contributed by atoms with Crippen molar-refractivity contribution >= 4 is 18.0 Å². The first-order valence-corrected chi connectivity index (χ1v) is 9.14. The number of amides is 2. The molecule has 2 fully saturated rings. The second-order valence-electron chi connectivity index (χ2n) is 8.13. The predicted molar refractivity (Wildman–Crippen MR) is 92.1 cm³/mol. The summed E-state index contributed by atoms with van der Waals surface area (Å²) in [6.45, 7) is 8.21. The van der Waals surface area contributed by atoms with Crippen molar-refractivity contribution in [1.82, 2.24) is 9.80 Å². The van der Waals surface area contributed by atoms with E-state index in [4.69, 9.17) is 9.84 Å². The van der Waals surface area contributed by atoms with Crippen molar-refractivity contribution < 1.29 is 24.2 Å². The normalized spacial score (nSPS) is 22.8. The first kappa shape index (κ1) is 19.5. The maximum absolute atomic E-state index is 12.4. The SMILES string of the molecule is CC(C)(C)OC(=O)N1CCC(CN2CCCC(CC(=O)O)C2=O)CC1. The van der Waals surface area contributed by atoms with Crippen molar-refractivity contribution in [3.05, 3.63) is 0 Å². The highest BCUT2D eigenvalue weighted by Crippen LogP contribution is 2.25. The molecule has 0 spiro atoms. The topological polar surface area (TPSA) is 87.2 Å². The molecule has 7 heteroatoms. The summed E-state index contributed by atoms with van der Waals surface area (Å²) in [5.41, 5.74) is -0.493. The zero-order valence-corrected chi connectivity index (χ0v) is 15.5. The van der Waals surface area contributed by atoms with Crippen molar-refractivity contribution in [3.63, 3.8) is 0 Å². The quantitative estimate of drug-likeness (QED) is 0.837. The van der Waals surface area contributed by atoms with Crippen molar-refractivity contribution in [2.24, 2.45) is 11.8 Å². The van der Waals surface area contributed by atoms with Crippen molar-refractivity contribution in [3.8, 4) is 0 Å². The first-order chi connectivity index (χ1) is 11.7. The number of nitrogens with zero attached hydrogens (tertiary/aromatic N) is 2. The molecule has 25 heavy (non-hydrogen) atoms. The monoisotopic (exact) mass is 354 g/mol. The van der Waals surface area contributed by atoms with Crippen molar-refractivity contribution in [1.29, 1.82) is 0 Å². The number of aliphatic carboxylic acids is 1. The molecule has 0 aliphatic carbocycles. The second kappa shape index (κ2) is 8.06. The van der Waals surface area contributed by atoms with Gasteiger partial charge in [0.05, 0.1) is 6.42 Å². The van der Waals surface area contributed by atoms with Gasteiger partial charge in [-0.1, -0.05) is 0 Å². The summed E-state index contributed by atoms with van der Waals surface area (Å²) in [6, 6.07) is 0. The molecule has 2 aliphatic rings. The molecule has 1 unspecified atom stereocenters. The summed E-state index contributed by atoms with van der Waals surface area (Å²) in [7, 11) is 0. The van der Waals surface area contributed by atoms with Crippen LogP contribution < -0.4 is 0 Å². The number of carboxylic acids is 1. The van der Waals surface area contributed by atoms with E-state index in [1.165, 1.54) is 0 Å². The Balaban J connectivity index is 1.80. The Morgan fingerprint density at radius 3 is 2.36 bits per heavy atom. The van der Waals surface area contributed by atoms with Crippen LogP contribution in [0.25, 0.3) is 0 Å². The molecule has 0 aromatic carbocycles. The molecule has 2 aliphatic heterocycles. The molecular formula is C18H30N2O5. The average molecular weight is 354 g/mol. The fourth-order valence-electron chi connectivity index (χ4n) is 3.54. The Morgan fingerprint density at radius 2 is 1.80 bits per heavy atom. The molecule has 0 saturated carbocycles. The van der Waals surface area contributed by atoms with Gasteiger partial charge in [-0.05, 0) is 52.4 Å². The van der Waals surface area contributed by atoms with Gasteiger partial charge in [0.1, 0.15) is 5.60 Å². The van der Waals surface area contributed by atoms with Crippen LogP contribution in [-0.4, -0.2) is 64.7 Å². The van der Waals surface area contributed by atoms with Gasteiger partial charge in [-0.3, -0.25) is 9.59 Å². The summed E-state index contributed by atoms with van der Waals surface area (Å²) in [4.78, 5) is 39.0. The summed E-state index contributed by atoms with van der Waals surface area (Å²) >= 11 is 0. The third-order valence-electron chi connectivity index (χ3n) is 4.81. The molecule has 0 aromatic heterocycles. The van der Waals surface area contributed by atoms with E-state index in [9.17, 15) is 14.4 Å². The molecule has 142 valence electrons. The van der Waals surface area contributed by atoms with E-state index in [-0.39, 0.29) is 24.3 Å². The van der Waals surface area contributed by atoms with Crippen LogP contribution in [0.2, 0.25) is 0 Å². The van der Waals surface area contributed by atoms with Crippen LogP contribution in [-0.2, 0) is 14.3 Å². The number of rotatable bonds is 4. The second-order valence-corrected chi connectivity index (χ2v) is 8.13. The highest BCUT2D eigenvalue weighted by Gasteiger charge is 2.33. The Morgan fingerprint density at radius 1 is 1.16 bits per heavy atom. The Bertz CT molecular complexity index is 506. The number of ether oxygens (including phenoxy) is 1. The molecule has 7 nitrogen and oxygen atoms in total. The number of carbonyl (C=O) groups excluding carboxylic acids is 2. The number of hydrogen-bond donors (Lipinski definition) is 1. The lowest BCUT2D eigenvalue weighted by atomic mass is 9.91. The van der Waals surface area contributed by atoms with Crippen LogP contribution in [0.15, 0.2) is 0 Å². The standard InChI is InChI=1S/C18H30N2O5/c1-18(2,3)25-17(24)19-9-6-13(7-10-19)12-20-8-4-5-14(16(20)23)11-15(21)22/h13-14H,4-12H2,1-3H3,(H,21,22). The maximum atomic E-state index is 12.4. The molecule has 2 amide bonds. The molecule has 2 heterocycles. The van der Waals surface area contributed by atoms with E-state index in [1.807, 2.05) is 25.7 Å². The zero-order valence-electron chi connectivity index (χ0n) is 15.5. The fraction of sp³-hybridized carbons (Fsp3) is 0.833. The van der Waals surface area contributed by atoms with E-state index in [0.29, 0.717) is 38.5 Å². The van der Waals surface area contributed by atoms with Gasteiger partial charge >= 0.3 is 12.1 Å². The van der Waals surface area contributed by atoms with Crippen LogP contribution in [0.4, 0.5) is 4.79 Å². The molecule has 0 aromatic rings. The maximum Gasteiger partial charge on any atom is 0.410 e. The largest absolute Gasteiger partial charge is 0.481 e. The van der Waals surface area contributed by atoms with Crippen molar-refractivity contribution in [2.45, 2.75) is 58.5 Å². The van der Waals surface area contributed by atoms with E-state index < -0.39 is 11.6 Å². The molecule has 0 bridgehead atoms. The number of carboxylic acid groups (broad SMARTS) is 1. The molecule has 2 rings (SSSR count). The first-order valence-electron chi connectivity index (χ1n) is 9.14. The van der Waals surface area contributed by atoms with Gasteiger partial charge in [0.25, 0.3) is 0 Å². The lowest BCUT2D eigenvalue weighted by molar-refractivity contribution is -0.147. The molecule has 1 N–H and O–H groups in total. The van der Waals surface area contributed by atoms with Gasteiger partial charge in [0, 0.05) is 32.1 Å². The van der Waals surface area contributed by atoms with Gasteiger partial charge in [-0.2, -0.15) is 0 Å². The van der Waals surface area contributed by atoms with Gasteiger partial charge in [0.2, 0.25) is 5.91 Å². The number of likely N-dealkylation sites (tertiary alicyclic amines) is 2. The average Bonchev–Trinajstić information content (AvgIpc) is 2.50. The lowest BCUT2D eigenvalue weighted by Gasteiger charge is -2.38. The van der Waals surface area contributed by atoms with E-state index in [0.717, 1.165) is 19.3 Å². The fourth-order valence-corrected chi connectivity index (χ4v) is 3.54. The number of hydrogen-bond acceptors (Lipinski definition) is 4. The predicted octanol–water partition coefficient (Wildman–Crippen LogP) is 2.35. The molecular weight excluding hydrogens is 324 g/mol. The van der Waals surface area contributed by atoms with Gasteiger partial charge < -0.3 is 19.6 Å². The zero-order chi connectivity index (χ0) is 18.6. The minimum absolute atomic E-state index is 0.0248. The molecule has 1 atom stereocenters. The minimum Gasteiger partial charge on any atom is -0.481 e. The van der Waals surface area contributed by atoms with E-state index >= 15 is 0 Å². The van der Waals surface area contributed by atoms with Crippen LogP contribution in [0.3, 0.4) is 0 Å². The van der Waals surface area contributed by atoms with Gasteiger partial charge in [-0.15, -0.1) is 0 Å². The minimum atomic E-state index is -0.911. The van der Waals surface area contributed by atoms with Crippen LogP contribution in [0.5, 0.6) is 0 Å². The van der Waals surface area contributed by atoms with Crippen molar-refractivity contribution in [2.75, 3.05) is 26.2 Å². The van der Waals surface area contributed by atoms with Crippen LogP contribution >= 0.6 is 0 Å². The van der Waals surface area contributed by atoms with Crippen LogP contribution in [0, 0.1) is 11.8 Å².